The van der Waals surface area contributed by atoms with E-state index in [2.05, 4.69) is 0 Å². The van der Waals surface area contributed by atoms with Crippen molar-refractivity contribution in [2.24, 2.45) is 0 Å². The second-order valence-corrected chi connectivity index (χ2v) is 9.08. The van der Waals surface area contributed by atoms with Crippen LogP contribution in [0.5, 0.6) is 0 Å². The Morgan fingerprint density at radius 1 is 0.739 bits per heavy atom. The fraction of sp³-hybridized carbons (Fsp3) is 0.222. The first-order chi connectivity index (χ1) is 11.1. The molecule has 0 fully saturated rings. The third-order valence-corrected chi connectivity index (χ3v) is 7.84. The zero-order valence-electron chi connectivity index (χ0n) is 13.3. The summed E-state index contributed by atoms with van der Waals surface area (Å²) in [6.07, 6.45) is 0. The van der Waals surface area contributed by atoms with Gasteiger partial charge in [-0.05, 0) is 23.2 Å². The summed E-state index contributed by atoms with van der Waals surface area (Å²) in [6, 6.07) is 19.8. The maximum absolute atomic E-state index is 12.6. The maximum atomic E-state index is 12.6. The molecule has 0 bridgehead atoms. The van der Waals surface area contributed by atoms with Crippen molar-refractivity contribution >= 4 is 19.3 Å². The number of methoxy groups -OCH3 is 2. The molecule has 0 atom stereocenters. The number of hydrogen-bond donors (Lipinski definition) is 0. The van der Waals surface area contributed by atoms with Gasteiger partial charge in [0.15, 0.2) is 0 Å². The Bertz CT molecular complexity index is 596. The van der Waals surface area contributed by atoms with Crippen molar-refractivity contribution in [1.82, 2.24) is 0 Å². The molecule has 0 aliphatic carbocycles. The van der Waals surface area contributed by atoms with Crippen LogP contribution in [-0.2, 0) is 21.6 Å². The van der Waals surface area contributed by atoms with E-state index < -0.39 is 19.3 Å². The van der Waals surface area contributed by atoms with Crippen LogP contribution in [0.4, 0.5) is 9.59 Å². The molecule has 0 aromatic heterocycles. The monoisotopic (exact) mass is 328 g/mol. The predicted octanol–water partition coefficient (Wildman–Crippen LogP) is 3.70. The third-order valence-electron chi connectivity index (χ3n) is 3.85. The number of ether oxygens (including phenoxy) is 2. The molecule has 2 aromatic carbocycles. The SMILES string of the molecule is COC(=O)[Si](Cc1ccccc1)(Cc1ccccc1)C(=O)OC. The Labute approximate surface area is 137 Å². The van der Waals surface area contributed by atoms with Crippen molar-refractivity contribution in [3.05, 3.63) is 71.8 Å². The molecule has 4 nitrogen and oxygen atoms in total. The minimum atomic E-state index is -3.21. The van der Waals surface area contributed by atoms with Crippen LogP contribution in [0.15, 0.2) is 60.7 Å². The second-order valence-electron chi connectivity index (χ2n) is 5.39. The quantitative estimate of drug-likeness (QED) is 0.759. The lowest BCUT2D eigenvalue weighted by molar-refractivity contribution is 0.185. The van der Waals surface area contributed by atoms with Crippen LogP contribution in [-0.4, -0.2) is 33.5 Å². The molecule has 0 heterocycles. The van der Waals surface area contributed by atoms with Gasteiger partial charge in [-0.2, -0.15) is 0 Å². The molecular formula is C18H20O4Si. The summed E-state index contributed by atoms with van der Waals surface area (Å²) in [5, 5.41) is 0. The lowest BCUT2D eigenvalue weighted by Gasteiger charge is -2.25. The summed E-state index contributed by atoms with van der Waals surface area (Å²) in [6.45, 7) is 0. The summed E-state index contributed by atoms with van der Waals surface area (Å²) in [5.74, 6) is 0. The number of benzene rings is 2. The molecule has 0 unspecified atom stereocenters. The van der Waals surface area contributed by atoms with E-state index in [9.17, 15) is 9.59 Å². The molecule has 0 amide bonds. The predicted molar refractivity (Wildman–Crippen MR) is 90.9 cm³/mol. The summed E-state index contributed by atoms with van der Waals surface area (Å²) >= 11 is 0. The van der Waals surface area contributed by atoms with Gasteiger partial charge in [-0.15, -0.1) is 0 Å². The highest BCUT2D eigenvalue weighted by Crippen LogP contribution is 2.22. The van der Waals surface area contributed by atoms with Crippen molar-refractivity contribution in [2.75, 3.05) is 14.2 Å². The van der Waals surface area contributed by atoms with Gasteiger partial charge in [-0.1, -0.05) is 60.7 Å². The summed E-state index contributed by atoms with van der Waals surface area (Å²) < 4.78 is 10.0. The fourth-order valence-electron chi connectivity index (χ4n) is 2.71. The van der Waals surface area contributed by atoms with Crippen molar-refractivity contribution in [2.45, 2.75) is 12.1 Å². The average Bonchev–Trinajstić information content (AvgIpc) is 2.61. The largest absolute Gasteiger partial charge is 0.473 e. The molecule has 0 saturated carbocycles. The molecule has 0 N–H and O–H groups in total. The Morgan fingerprint density at radius 3 is 1.39 bits per heavy atom. The molecule has 120 valence electrons. The van der Waals surface area contributed by atoms with Crippen LogP contribution < -0.4 is 0 Å². The highest BCUT2D eigenvalue weighted by Gasteiger charge is 2.52. The highest BCUT2D eigenvalue weighted by molar-refractivity contribution is 7.22. The standard InChI is InChI=1S/C18H20O4Si/c1-21-17(19)23(18(20)22-2,13-15-9-5-3-6-10-15)14-16-11-7-4-8-12-16/h3-12H,13-14H2,1-2H3. The first-order valence-electron chi connectivity index (χ1n) is 7.37. The first kappa shape index (κ1) is 17.0. The average molecular weight is 328 g/mol. The number of carbonyl (C=O) groups is 2. The van der Waals surface area contributed by atoms with E-state index in [4.69, 9.17) is 9.47 Å². The number of hydrogen-bond acceptors (Lipinski definition) is 4. The van der Waals surface area contributed by atoms with Gasteiger partial charge in [0, 0.05) is 0 Å². The van der Waals surface area contributed by atoms with Gasteiger partial charge in [-0.25, -0.2) is 0 Å². The zero-order valence-corrected chi connectivity index (χ0v) is 14.3. The van der Waals surface area contributed by atoms with Crippen LogP contribution >= 0.6 is 0 Å². The van der Waals surface area contributed by atoms with E-state index >= 15 is 0 Å². The maximum Gasteiger partial charge on any atom is 0.320 e. The van der Waals surface area contributed by atoms with Crippen molar-refractivity contribution in [1.29, 1.82) is 0 Å². The van der Waals surface area contributed by atoms with Gasteiger partial charge < -0.3 is 9.47 Å². The Morgan fingerprint density at radius 2 is 1.09 bits per heavy atom. The molecule has 0 aliphatic rings. The van der Waals surface area contributed by atoms with E-state index in [1.807, 2.05) is 60.7 Å². The molecule has 0 radical (unpaired) electrons. The van der Waals surface area contributed by atoms with Gasteiger partial charge in [0.25, 0.3) is 11.2 Å². The van der Waals surface area contributed by atoms with Crippen molar-refractivity contribution in [3.8, 4) is 0 Å². The Hall–Kier alpha value is -2.40. The Balaban J connectivity index is 2.46. The smallest absolute Gasteiger partial charge is 0.320 e. The molecule has 0 saturated heterocycles. The summed E-state index contributed by atoms with van der Waals surface area (Å²) in [5.41, 5.74) is 0.978. The summed E-state index contributed by atoms with van der Waals surface area (Å²) in [7, 11) is -0.561. The van der Waals surface area contributed by atoms with Gasteiger partial charge in [0.1, 0.15) is 0 Å². The van der Waals surface area contributed by atoms with Crippen molar-refractivity contribution in [3.63, 3.8) is 0 Å². The van der Waals surface area contributed by atoms with E-state index in [0.717, 1.165) is 11.1 Å². The van der Waals surface area contributed by atoms with Crippen LogP contribution in [0.1, 0.15) is 11.1 Å². The number of rotatable bonds is 6. The first-order valence-corrected chi connectivity index (χ1v) is 9.78. The topological polar surface area (TPSA) is 52.6 Å². The molecule has 2 rings (SSSR count). The minimum absolute atomic E-state index is 0.363. The molecule has 23 heavy (non-hydrogen) atoms. The van der Waals surface area contributed by atoms with Crippen molar-refractivity contribution < 1.29 is 19.1 Å². The normalized spacial score (nSPS) is 10.9. The summed E-state index contributed by atoms with van der Waals surface area (Å²) in [4.78, 5) is 25.2. The lowest BCUT2D eigenvalue weighted by Crippen LogP contribution is -2.57. The van der Waals surface area contributed by atoms with Gasteiger partial charge in [0.05, 0.1) is 14.2 Å². The molecule has 0 spiro atoms. The van der Waals surface area contributed by atoms with E-state index in [0.29, 0.717) is 12.1 Å². The second kappa shape index (κ2) is 7.74. The molecular weight excluding hydrogens is 308 g/mol. The molecule has 2 aromatic rings. The van der Waals surface area contributed by atoms with Crippen LogP contribution in [0, 0.1) is 0 Å². The fourth-order valence-corrected chi connectivity index (χ4v) is 6.23. The third kappa shape index (κ3) is 3.87. The minimum Gasteiger partial charge on any atom is -0.473 e. The molecule has 5 heteroatoms. The van der Waals surface area contributed by atoms with Gasteiger partial charge in [0.2, 0.25) is 0 Å². The van der Waals surface area contributed by atoms with Crippen LogP contribution in [0.3, 0.4) is 0 Å². The molecule has 0 aliphatic heterocycles. The number of carbonyl (C=O) groups excluding carboxylic acids is 2. The van der Waals surface area contributed by atoms with Gasteiger partial charge >= 0.3 is 8.07 Å². The van der Waals surface area contributed by atoms with Crippen LogP contribution in [0.25, 0.3) is 0 Å². The highest BCUT2D eigenvalue weighted by atomic mass is 28.3. The zero-order chi connectivity index (χ0) is 16.7. The Kier molecular flexibility index (Phi) is 5.70. The van der Waals surface area contributed by atoms with E-state index in [1.165, 1.54) is 14.2 Å². The van der Waals surface area contributed by atoms with Gasteiger partial charge in [-0.3, -0.25) is 9.59 Å². The lowest BCUT2D eigenvalue weighted by atomic mass is 10.2. The van der Waals surface area contributed by atoms with Crippen LogP contribution in [0.2, 0.25) is 0 Å². The van der Waals surface area contributed by atoms with E-state index in [1.54, 1.807) is 0 Å². The van der Waals surface area contributed by atoms with E-state index in [-0.39, 0.29) is 0 Å².